The molecule has 0 saturated carbocycles. The van der Waals surface area contributed by atoms with Gasteiger partial charge in [0.05, 0.1) is 5.69 Å². The minimum atomic E-state index is -0.426. The summed E-state index contributed by atoms with van der Waals surface area (Å²) in [6, 6.07) is 8.06. The molecule has 132 valence electrons. The molecule has 1 N–H and O–H groups in total. The summed E-state index contributed by atoms with van der Waals surface area (Å²) in [5.41, 5.74) is 1.72. The highest BCUT2D eigenvalue weighted by atomic mass is 19.1. The van der Waals surface area contributed by atoms with Gasteiger partial charge >= 0.3 is 0 Å². The second-order valence-corrected chi connectivity index (χ2v) is 7.21. The van der Waals surface area contributed by atoms with E-state index in [1.54, 1.807) is 16.5 Å². The Kier molecular flexibility index (Phi) is 4.43. The summed E-state index contributed by atoms with van der Waals surface area (Å²) in [6.45, 7) is 5.91. The van der Waals surface area contributed by atoms with Crippen molar-refractivity contribution >= 4 is 17.4 Å². The first-order chi connectivity index (χ1) is 12.3. The Hall–Kier alpha value is -3.27. The van der Waals surface area contributed by atoms with Crippen LogP contribution in [-0.2, 0) is 4.79 Å². The Morgan fingerprint density at radius 2 is 2.08 bits per heavy atom. The highest BCUT2D eigenvalue weighted by Gasteiger charge is 2.20. The lowest BCUT2D eigenvalue weighted by Gasteiger charge is -2.17. The van der Waals surface area contributed by atoms with Crippen LogP contribution >= 0.6 is 0 Å². The molecule has 0 spiro atoms. The Balaban J connectivity index is 2.10. The predicted octanol–water partition coefficient (Wildman–Crippen LogP) is 3.78. The van der Waals surface area contributed by atoms with Crippen molar-refractivity contribution in [3.05, 3.63) is 48.2 Å². The first-order valence-corrected chi connectivity index (χ1v) is 8.11. The molecule has 3 aromatic heterocycles. The fourth-order valence-corrected chi connectivity index (χ4v) is 2.64. The maximum atomic E-state index is 13.8. The van der Waals surface area contributed by atoms with Crippen molar-refractivity contribution in [3.8, 4) is 17.3 Å². The van der Waals surface area contributed by atoms with Crippen LogP contribution < -0.4 is 5.32 Å². The minimum absolute atomic E-state index is 0.175. The van der Waals surface area contributed by atoms with Crippen molar-refractivity contribution < 1.29 is 9.18 Å². The fourth-order valence-electron chi connectivity index (χ4n) is 2.64. The monoisotopic (exact) mass is 351 g/mol. The van der Waals surface area contributed by atoms with E-state index >= 15 is 0 Å². The Morgan fingerprint density at radius 3 is 2.69 bits per heavy atom. The molecule has 3 aromatic rings. The van der Waals surface area contributed by atoms with Crippen LogP contribution in [0.1, 0.15) is 32.9 Å². The predicted molar refractivity (Wildman–Crippen MR) is 95.8 cm³/mol. The van der Waals surface area contributed by atoms with Crippen LogP contribution in [-0.4, -0.2) is 20.3 Å². The topological polar surface area (TPSA) is 83.1 Å². The minimum Gasteiger partial charge on any atom is -0.309 e. The molecule has 0 aliphatic rings. The molecule has 0 radical (unpaired) electrons. The third-order valence-electron chi connectivity index (χ3n) is 3.68. The molecule has 0 saturated heterocycles. The van der Waals surface area contributed by atoms with Gasteiger partial charge in [-0.05, 0) is 29.7 Å². The molecule has 0 unspecified atom stereocenters. The van der Waals surface area contributed by atoms with E-state index in [0.29, 0.717) is 29.1 Å². The van der Waals surface area contributed by atoms with Crippen LogP contribution in [0.25, 0.3) is 16.9 Å². The number of nitriles is 1. The Bertz CT molecular complexity index is 1010. The maximum absolute atomic E-state index is 13.8. The number of hydrogen-bond acceptors (Lipinski definition) is 4. The summed E-state index contributed by atoms with van der Waals surface area (Å²) < 4.78 is 15.3. The zero-order chi connectivity index (χ0) is 18.9. The van der Waals surface area contributed by atoms with Crippen LogP contribution in [0.5, 0.6) is 0 Å². The zero-order valence-corrected chi connectivity index (χ0v) is 14.7. The average molecular weight is 351 g/mol. The number of halogens is 1. The smallest absolute Gasteiger partial charge is 0.226 e. The van der Waals surface area contributed by atoms with E-state index in [9.17, 15) is 9.18 Å². The summed E-state index contributed by atoms with van der Waals surface area (Å²) in [4.78, 5) is 20.8. The van der Waals surface area contributed by atoms with Gasteiger partial charge in [-0.3, -0.25) is 9.20 Å². The standard InChI is InChI=1S/C19H18FN5O/c1-19(2,3)8-16(26)24-18-17(12-4-6-14(9-21)22-10-12)25-11-13(20)5-7-15(25)23-18/h4-7,10-11H,8H2,1-3H3,(H,24,26). The number of aromatic nitrogens is 3. The quantitative estimate of drug-likeness (QED) is 0.778. The van der Waals surface area contributed by atoms with Crippen molar-refractivity contribution in [2.24, 2.45) is 5.41 Å². The Morgan fingerprint density at radius 1 is 1.31 bits per heavy atom. The van der Waals surface area contributed by atoms with Crippen molar-refractivity contribution in [3.63, 3.8) is 0 Å². The molecule has 0 bridgehead atoms. The number of carbonyl (C=O) groups excluding carboxylic acids is 1. The van der Waals surface area contributed by atoms with Gasteiger partial charge < -0.3 is 5.32 Å². The van der Waals surface area contributed by atoms with Gasteiger partial charge in [-0.15, -0.1) is 0 Å². The fraction of sp³-hybridized carbons (Fsp3) is 0.263. The molecule has 0 fully saturated rings. The van der Waals surface area contributed by atoms with E-state index in [1.165, 1.54) is 24.5 Å². The lowest BCUT2D eigenvalue weighted by molar-refractivity contribution is -0.117. The molecule has 0 aliphatic carbocycles. The number of pyridine rings is 2. The van der Waals surface area contributed by atoms with E-state index in [0.717, 1.165) is 0 Å². The summed E-state index contributed by atoms with van der Waals surface area (Å²) in [5.74, 6) is -0.272. The lowest BCUT2D eigenvalue weighted by Crippen LogP contribution is -2.20. The summed E-state index contributed by atoms with van der Waals surface area (Å²) in [6.07, 6.45) is 3.13. The largest absolute Gasteiger partial charge is 0.309 e. The second kappa shape index (κ2) is 6.56. The molecule has 1 amide bonds. The van der Waals surface area contributed by atoms with E-state index in [4.69, 9.17) is 5.26 Å². The lowest BCUT2D eigenvalue weighted by atomic mass is 9.92. The van der Waals surface area contributed by atoms with Gasteiger partial charge in [0.15, 0.2) is 5.82 Å². The van der Waals surface area contributed by atoms with Crippen LogP contribution in [0, 0.1) is 22.6 Å². The van der Waals surface area contributed by atoms with Gasteiger partial charge in [0.25, 0.3) is 0 Å². The molecule has 7 heteroatoms. The SMILES string of the molecule is CC(C)(C)CC(=O)Nc1nc2ccc(F)cn2c1-c1ccc(C#N)nc1. The van der Waals surface area contributed by atoms with Crippen molar-refractivity contribution in [1.29, 1.82) is 5.26 Å². The van der Waals surface area contributed by atoms with E-state index in [-0.39, 0.29) is 17.0 Å². The number of nitrogens with zero attached hydrogens (tertiary/aromatic N) is 4. The van der Waals surface area contributed by atoms with Crippen LogP contribution in [0.15, 0.2) is 36.7 Å². The van der Waals surface area contributed by atoms with Gasteiger partial charge in [0, 0.05) is 24.4 Å². The molecule has 0 aromatic carbocycles. The first-order valence-electron chi connectivity index (χ1n) is 8.11. The van der Waals surface area contributed by atoms with Gasteiger partial charge in [0.1, 0.15) is 23.2 Å². The van der Waals surface area contributed by atoms with E-state index in [2.05, 4.69) is 15.3 Å². The average Bonchev–Trinajstić information content (AvgIpc) is 2.90. The highest BCUT2D eigenvalue weighted by molar-refractivity contribution is 5.94. The van der Waals surface area contributed by atoms with E-state index in [1.807, 2.05) is 26.8 Å². The number of imidazole rings is 1. The molecule has 0 aliphatic heterocycles. The molecule has 3 rings (SSSR count). The number of anilines is 1. The zero-order valence-electron chi connectivity index (χ0n) is 14.7. The van der Waals surface area contributed by atoms with Gasteiger partial charge in [-0.25, -0.2) is 14.4 Å². The summed E-state index contributed by atoms with van der Waals surface area (Å²) >= 11 is 0. The highest BCUT2D eigenvalue weighted by Crippen LogP contribution is 2.30. The molecule has 0 atom stereocenters. The van der Waals surface area contributed by atoms with Crippen LogP contribution in [0.4, 0.5) is 10.2 Å². The molecule has 3 heterocycles. The first kappa shape index (κ1) is 17.5. The number of carbonyl (C=O) groups is 1. The molecule has 26 heavy (non-hydrogen) atoms. The number of amides is 1. The number of fused-ring (bicyclic) bond motifs is 1. The van der Waals surface area contributed by atoms with Crippen molar-refractivity contribution in [2.45, 2.75) is 27.2 Å². The van der Waals surface area contributed by atoms with Crippen molar-refractivity contribution in [1.82, 2.24) is 14.4 Å². The third kappa shape index (κ3) is 3.70. The summed E-state index contributed by atoms with van der Waals surface area (Å²) in [7, 11) is 0. The normalized spacial score (nSPS) is 11.3. The Labute approximate surface area is 150 Å². The van der Waals surface area contributed by atoms with Gasteiger partial charge in [0.2, 0.25) is 5.91 Å². The number of nitrogens with one attached hydrogen (secondary N) is 1. The number of hydrogen-bond donors (Lipinski definition) is 1. The molecule has 6 nitrogen and oxygen atoms in total. The third-order valence-corrected chi connectivity index (χ3v) is 3.68. The van der Waals surface area contributed by atoms with Gasteiger partial charge in [-0.1, -0.05) is 20.8 Å². The van der Waals surface area contributed by atoms with Crippen molar-refractivity contribution in [2.75, 3.05) is 5.32 Å². The van der Waals surface area contributed by atoms with E-state index < -0.39 is 5.82 Å². The number of rotatable bonds is 3. The second-order valence-electron chi connectivity index (χ2n) is 7.21. The summed E-state index contributed by atoms with van der Waals surface area (Å²) in [5, 5.41) is 11.7. The maximum Gasteiger partial charge on any atom is 0.226 e. The molecular formula is C19H18FN5O. The van der Waals surface area contributed by atoms with Gasteiger partial charge in [-0.2, -0.15) is 5.26 Å². The molecular weight excluding hydrogens is 333 g/mol. The van der Waals surface area contributed by atoms with Crippen LogP contribution in [0.2, 0.25) is 0 Å². The van der Waals surface area contributed by atoms with Crippen LogP contribution in [0.3, 0.4) is 0 Å².